The van der Waals surface area contributed by atoms with Crippen LogP contribution in [0.25, 0.3) is 0 Å². The van der Waals surface area contributed by atoms with Crippen molar-refractivity contribution in [2.75, 3.05) is 32.1 Å². The maximum Gasteiger partial charge on any atom is 0.240 e. The quantitative estimate of drug-likeness (QED) is 0.753. The molecule has 1 heterocycles. The number of sulfonamides is 1. The van der Waals surface area contributed by atoms with Gasteiger partial charge in [0.2, 0.25) is 10.0 Å². The van der Waals surface area contributed by atoms with Crippen molar-refractivity contribution < 1.29 is 13.2 Å². The fourth-order valence-corrected chi connectivity index (χ4v) is 3.40. The van der Waals surface area contributed by atoms with E-state index in [9.17, 15) is 8.42 Å². The van der Waals surface area contributed by atoms with Gasteiger partial charge in [0.15, 0.2) is 0 Å². The molecule has 0 bridgehead atoms. The predicted octanol–water partition coefficient (Wildman–Crippen LogP) is 1.75. The van der Waals surface area contributed by atoms with Gasteiger partial charge in [-0.1, -0.05) is 0 Å². The van der Waals surface area contributed by atoms with Gasteiger partial charge < -0.3 is 10.1 Å². The summed E-state index contributed by atoms with van der Waals surface area (Å²) in [5.74, 6) is 0. The average molecular weight is 298 g/mol. The summed E-state index contributed by atoms with van der Waals surface area (Å²) in [5.41, 5.74) is 2.13. The van der Waals surface area contributed by atoms with Gasteiger partial charge in [-0.15, -0.1) is 0 Å². The van der Waals surface area contributed by atoms with Crippen LogP contribution in [0.4, 0.5) is 5.69 Å². The van der Waals surface area contributed by atoms with Crippen LogP contribution in [0.2, 0.25) is 0 Å². The van der Waals surface area contributed by atoms with E-state index in [4.69, 9.17) is 4.74 Å². The molecule has 112 valence electrons. The zero-order chi connectivity index (χ0) is 14.4. The van der Waals surface area contributed by atoms with Crippen LogP contribution >= 0.6 is 0 Å². The molecule has 0 unspecified atom stereocenters. The van der Waals surface area contributed by atoms with Gasteiger partial charge in [0.1, 0.15) is 0 Å². The molecule has 2 rings (SSSR count). The van der Waals surface area contributed by atoms with Crippen molar-refractivity contribution in [3.05, 3.63) is 23.8 Å². The maximum atomic E-state index is 12.2. The van der Waals surface area contributed by atoms with Crippen LogP contribution in [-0.4, -0.2) is 35.2 Å². The van der Waals surface area contributed by atoms with Gasteiger partial charge in [-0.05, 0) is 49.4 Å². The van der Waals surface area contributed by atoms with Gasteiger partial charge in [-0.25, -0.2) is 13.1 Å². The Bertz CT molecular complexity index is 543. The lowest BCUT2D eigenvalue weighted by Crippen LogP contribution is -2.25. The molecule has 0 aliphatic carbocycles. The summed E-state index contributed by atoms with van der Waals surface area (Å²) in [6.45, 7) is 2.06. The summed E-state index contributed by atoms with van der Waals surface area (Å²) in [7, 11) is -1.76. The van der Waals surface area contributed by atoms with E-state index in [1.54, 1.807) is 19.2 Å². The second kappa shape index (κ2) is 7.06. The fourth-order valence-electron chi connectivity index (χ4n) is 2.28. The van der Waals surface area contributed by atoms with Crippen LogP contribution < -0.4 is 10.0 Å². The predicted molar refractivity (Wildman–Crippen MR) is 79.6 cm³/mol. The summed E-state index contributed by atoms with van der Waals surface area (Å²) >= 11 is 0. The highest BCUT2D eigenvalue weighted by molar-refractivity contribution is 7.89. The third kappa shape index (κ3) is 3.94. The van der Waals surface area contributed by atoms with Crippen LogP contribution in [0, 0.1) is 0 Å². The number of benzene rings is 1. The molecular formula is C14H22N2O3S. The SMILES string of the molecule is COCCCCNS(=O)(=O)c1ccc2c(c1)CCCN2. The molecular weight excluding hydrogens is 276 g/mol. The van der Waals surface area contributed by atoms with Gasteiger partial charge in [-0.3, -0.25) is 0 Å². The van der Waals surface area contributed by atoms with E-state index >= 15 is 0 Å². The molecule has 0 aromatic heterocycles. The fraction of sp³-hybridized carbons (Fsp3) is 0.571. The molecule has 0 radical (unpaired) electrons. The number of unbranched alkanes of at least 4 members (excludes halogenated alkanes) is 1. The van der Waals surface area contributed by atoms with Crippen LogP contribution in [0.1, 0.15) is 24.8 Å². The lowest BCUT2D eigenvalue weighted by Gasteiger charge is -2.18. The molecule has 6 heteroatoms. The molecule has 1 aromatic rings. The van der Waals surface area contributed by atoms with Crippen LogP contribution in [0.5, 0.6) is 0 Å². The van der Waals surface area contributed by atoms with Gasteiger partial charge in [-0.2, -0.15) is 0 Å². The number of nitrogens with one attached hydrogen (secondary N) is 2. The summed E-state index contributed by atoms with van der Waals surface area (Å²) in [5, 5.41) is 3.28. The Hall–Kier alpha value is -1.11. The molecule has 0 saturated carbocycles. The molecule has 1 aliphatic heterocycles. The Labute approximate surface area is 120 Å². The number of hydrogen-bond donors (Lipinski definition) is 2. The molecule has 20 heavy (non-hydrogen) atoms. The van der Waals surface area contributed by atoms with Gasteiger partial charge in [0.05, 0.1) is 4.90 Å². The van der Waals surface area contributed by atoms with E-state index < -0.39 is 10.0 Å². The van der Waals surface area contributed by atoms with E-state index in [1.807, 2.05) is 6.07 Å². The van der Waals surface area contributed by atoms with E-state index in [0.29, 0.717) is 18.0 Å². The molecule has 0 saturated heterocycles. The van der Waals surface area contributed by atoms with Crippen molar-refractivity contribution in [3.63, 3.8) is 0 Å². The molecule has 0 amide bonds. The zero-order valence-electron chi connectivity index (χ0n) is 11.8. The summed E-state index contributed by atoms with van der Waals surface area (Å²) in [4.78, 5) is 0.353. The number of methoxy groups -OCH3 is 1. The molecule has 2 N–H and O–H groups in total. The van der Waals surface area contributed by atoms with E-state index in [0.717, 1.165) is 43.5 Å². The van der Waals surface area contributed by atoms with Gasteiger partial charge in [0.25, 0.3) is 0 Å². The molecule has 0 atom stereocenters. The van der Waals surface area contributed by atoms with Crippen molar-refractivity contribution in [2.45, 2.75) is 30.6 Å². The first kappa shape index (κ1) is 15.3. The minimum atomic E-state index is -3.40. The van der Waals surface area contributed by atoms with E-state index in [1.165, 1.54) is 0 Å². The number of aryl methyl sites for hydroxylation is 1. The Kier molecular flexibility index (Phi) is 5.39. The Balaban J connectivity index is 1.98. The first-order chi connectivity index (χ1) is 9.63. The Morgan fingerprint density at radius 1 is 1.35 bits per heavy atom. The number of hydrogen-bond acceptors (Lipinski definition) is 4. The van der Waals surface area contributed by atoms with Crippen molar-refractivity contribution in [1.29, 1.82) is 0 Å². The highest BCUT2D eigenvalue weighted by Crippen LogP contribution is 2.24. The monoisotopic (exact) mass is 298 g/mol. The Morgan fingerprint density at radius 2 is 2.20 bits per heavy atom. The summed E-state index contributed by atoms with van der Waals surface area (Å²) in [6, 6.07) is 5.29. The average Bonchev–Trinajstić information content (AvgIpc) is 2.46. The third-order valence-electron chi connectivity index (χ3n) is 3.39. The zero-order valence-corrected chi connectivity index (χ0v) is 12.6. The van der Waals surface area contributed by atoms with E-state index in [2.05, 4.69) is 10.0 Å². The topological polar surface area (TPSA) is 67.4 Å². The van der Waals surface area contributed by atoms with Crippen LogP contribution in [0.15, 0.2) is 23.1 Å². The third-order valence-corrected chi connectivity index (χ3v) is 4.85. The standard InChI is InChI=1S/C14H22N2O3S/c1-19-10-3-2-9-16-20(17,18)13-6-7-14-12(11-13)5-4-8-15-14/h6-7,11,15-16H,2-5,8-10H2,1H3. The van der Waals surface area contributed by atoms with E-state index in [-0.39, 0.29) is 0 Å². The molecule has 1 aliphatic rings. The van der Waals surface area contributed by atoms with Crippen molar-refractivity contribution in [3.8, 4) is 0 Å². The first-order valence-corrected chi connectivity index (χ1v) is 8.47. The smallest absolute Gasteiger partial charge is 0.240 e. The minimum absolute atomic E-state index is 0.353. The van der Waals surface area contributed by atoms with Crippen LogP contribution in [-0.2, 0) is 21.2 Å². The summed E-state index contributed by atoms with van der Waals surface area (Å²) < 4.78 is 31.9. The molecule has 0 fully saturated rings. The molecule has 1 aromatic carbocycles. The largest absolute Gasteiger partial charge is 0.385 e. The van der Waals surface area contributed by atoms with Crippen LogP contribution in [0.3, 0.4) is 0 Å². The number of anilines is 1. The Morgan fingerprint density at radius 3 is 3.00 bits per heavy atom. The molecule has 0 spiro atoms. The summed E-state index contributed by atoms with van der Waals surface area (Å²) in [6.07, 6.45) is 3.60. The molecule has 5 nitrogen and oxygen atoms in total. The second-order valence-corrected chi connectivity index (χ2v) is 6.71. The van der Waals surface area contributed by atoms with Crippen molar-refractivity contribution in [1.82, 2.24) is 4.72 Å². The number of rotatable bonds is 7. The van der Waals surface area contributed by atoms with Gasteiger partial charge >= 0.3 is 0 Å². The minimum Gasteiger partial charge on any atom is -0.385 e. The maximum absolute atomic E-state index is 12.2. The number of ether oxygens (including phenoxy) is 1. The highest BCUT2D eigenvalue weighted by atomic mass is 32.2. The van der Waals surface area contributed by atoms with Gasteiger partial charge in [0, 0.05) is 32.5 Å². The highest BCUT2D eigenvalue weighted by Gasteiger charge is 2.16. The van der Waals surface area contributed by atoms with Crippen molar-refractivity contribution >= 4 is 15.7 Å². The normalized spacial score (nSPS) is 14.7. The number of fused-ring (bicyclic) bond motifs is 1. The lowest BCUT2D eigenvalue weighted by atomic mass is 10.0. The second-order valence-electron chi connectivity index (χ2n) is 4.95. The van der Waals surface area contributed by atoms with Crippen molar-refractivity contribution in [2.24, 2.45) is 0 Å². The first-order valence-electron chi connectivity index (χ1n) is 6.99. The lowest BCUT2D eigenvalue weighted by molar-refractivity contribution is 0.193.